The van der Waals surface area contributed by atoms with Crippen LogP contribution in [0.2, 0.25) is 0 Å². The van der Waals surface area contributed by atoms with Gasteiger partial charge in [0.25, 0.3) is 0 Å². The van der Waals surface area contributed by atoms with E-state index in [1.807, 2.05) is 0 Å². The summed E-state index contributed by atoms with van der Waals surface area (Å²) in [6.07, 6.45) is 0. The fourth-order valence-corrected chi connectivity index (χ4v) is 0.903. The van der Waals surface area contributed by atoms with Gasteiger partial charge in [-0.3, -0.25) is 4.79 Å². The standard InChI is InChI=1S/C11H14FNO2/c1-11(2,3)10(15)13-7-4-5-9(14)8(12)6-7/h4-6,14H,1-3H3,(H,13,15). The molecule has 0 aliphatic rings. The molecule has 0 unspecified atom stereocenters. The third-order valence-corrected chi connectivity index (χ3v) is 1.89. The Hall–Kier alpha value is -1.58. The van der Waals surface area contributed by atoms with Crippen LogP contribution in [-0.4, -0.2) is 11.0 Å². The Bertz CT molecular complexity index is 383. The van der Waals surface area contributed by atoms with Crippen molar-refractivity contribution < 1.29 is 14.3 Å². The number of benzene rings is 1. The highest BCUT2D eigenvalue weighted by Crippen LogP contribution is 2.21. The number of carbonyl (C=O) groups excluding carboxylic acids is 1. The Labute approximate surface area is 87.9 Å². The topological polar surface area (TPSA) is 49.3 Å². The minimum Gasteiger partial charge on any atom is -0.505 e. The highest BCUT2D eigenvalue weighted by Gasteiger charge is 2.21. The summed E-state index contributed by atoms with van der Waals surface area (Å²) in [7, 11) is 0. The summed E-state index contributed by atoms with van der Waals surface area (Å²) < 4.78 is 12.9. The van der Waals surface area contributed by atoms with E-state index in [4.69, 9.17) is 5.11 Å². The molecule has 1 aromatic rings. The Morgan fingerprint density at radius 1 is 1.40 bits per heavy atom. The van der Waals surface area contributed by atoms with Crippen molar-refractivity contribution in [1.29, 1.82) is 0 Å². The van der Waals surface area contributed by atoms with E-state index in [9.17, 15) is 9.18 Å². The van der Waals surface area contributed by atoms with Gasteiger partial charge in [0.1, 0.15) is 0 Å². The van der Waals surface area contributed by atoms with Gasteiger partial charge in [0.05, 0.1) is 0 Å². The van der Waals surface area contributed by atoms with Crippen LogP contribution in [0.4, 0.5) is 10.1 Å². The Balaban J connectivity index is 2.83. The molecule has 0 aliphatic carbocycles. The zero-order valence-corrected chi connectivity index (χ0v) is 8.97. The van der Waals surface area contributed by atoms with Gasteiger partial charge >= 0.3 is 0 Å². The zero-order chi connectivity index (χ0) is 11.6. The SMILES string of the molecule is CC(C)(C)C(=O)Nc1ccc(O)c(F)c1. The molecule has 1 rings (SSSR count). The molecule has 0 fully saturated rings. The second-order valence-electron chi connectivity index (χ2n) is 4.37. The maximum absolute atomic E-state index is 12.9. The van der Waals surface area contributed by atoms with Crippen LogP contribution in [0.3, 0.4) is 0 Å². The monoisotopic (exact) mass is 211 g/mol. The van der Waals surface area contributed by atoms with E-state index < -0.39 is 17.0 Å². The molecule has 4 heteroatoms. The summed E-state index contributed by atoms with van der Waals surface area (Å²) in [5, 5.41) is 11.5. The van der Waals surface area contributed by atoms with Crippen LogP contribution in [0.25, 0.3) is 0 Å². The second-order valence-corrected chi connectivity index (χ2v) is 4.37. The average molecular weight is 211 g/mol. The third kappa shape index (κ3) is 2.94. The second kappa shape index (κ2) is 3.88. The Kier molecular flexibility index (Phi) is 2.98. The van der Waals surface area contributed by atoms with Crippen LogP contribution in [0.15, 0.2) is 18.2 Å². The number of anilines is 1. The van der Waals surface area contributed by atoms with Gasteiger partial charge in [-0.1, -0.05) is 20.8 Å². The van der Waals surface area contributed by atoms with Gasteiger partial charge < -0.3 is 10.4 Å². The maximum atomic E-state index is 12.9. The first kappa shape index (κ1) is 11.5. The van der Waals surface area contributed by atoms with E-state index in [-0.39, 0.29) is 5.91 Å². The van der Waals surface area contributed by atoms with Crippen molar-refractivity contribution in [3.05, 3.63) is 24.0 Å². The first-order valence-electron chi connectivity index (χ1n) is 4.60. The molecule has 0 aromatic heterocycles. The van der Waals surface area contributed by atoms with E-state index in [2.05, 4.69) is 5.32 Å². The van der Waals surface area contributed by atoms with Gasteiger partial charge in [0, 0.05) is 17.2 Å². The van der Waals surface area contributed by atoms with Crippen LogP contribution in [0, 0.1) is 11.2 Å². The van der Waals surface area contributed by atoms with Crippen molar-refractivity contribution in [3.8, 4) is 5.75 Å². The zero-order valence-electron chi connectivity index (χ0n) is 8.97. The molecule has 3 nitrogen and oxygen atoms in total. The van der Waals surface area contributed by atoms with Gasteiger partial charge in [-0.05, 0) is 12.1 Å². The molecule has 0 atom stereocenters. The summed E-state index contributed by atoms with van der Waals surface area (Å²) >= 11 is 0. The van der Waals surface area contributed by atoms with Crippen LogP contribution in [0.1, 0.15) is 20.8 Å². The molecule has 1 aromatic carbocycles. The van der Waals surface area contributed by atoms with E-state index in [0.717, 1.165) is 6.07 Å². The quantitative estimate of drug-likeness (QED) is 0.701. The van der Waals surface area contributed by atoms with E-state index in [1.54, 1.807) is 20.8 Å². The summed E-state index contributed by atoms with van der Waals surface area (Å²) in [4.78, 5) is 11.5. The number of amides is 1. The van der Waals surface area contributed by atoms with Crippen molar-refractivity contribution in [2.24, 2.45) is 5.41 Å². The fourth-order valence-electron chi connectivity index (χ4n) is 0.903. The lowest BCUT2D eigenvalue weighted by Crippen LogP contribution is -2.27. The maximum Gasteiger partial charge on any atom is 0.229 e. The molecule has 82 valence electrons. The van der Waals surface area contributed by atoms with Gasteiger partial charge in [-0.2, -0.15) is 0 Å². The fraction of sp³-hybridized carbons (Fsp3) is 0.364. The van der Waals surface area contributed by atoms with Gasteiger partial charge in [-0.25, -0.2) is 4.39 Å². The third-order valence-electron chi connectivity index (χ3n) is 1.89. The lowest BCUT2D eigenvalue weighted by molar-refractivity contribution is -0.123. The molecule has 0 spiro atoms. The van der Waals surface area contributed by atoms with Crippen molar-refractivity contribution >= 4 is 11.6 Å². The molecule has 2 N–H and O–H groups in total. The predicted octanol–water partition coefficient (Wildman–Crippen LogP) is 2.52. The normalized spacial score (nSPS) is 11.2. The molecule has 15 heavy (non-hydrogen) atoms. The lowest BCUT2D eigenvalue weighted by atomic mass is 9.95. The van der Waals surface area contributed by atoms with Crippen LogP contribution < -0.4 is 5.32 Å². The largest absolute Gasteiger partial charge is 0.505 e. The predicted molar refractivity (Wildman–Crippen MR) is 56.1 cm³/mol. The summed E-state index contributed by atoms with van der Waals surface area (Å²) in [6, 6.07) is 3.73. The number of nitrogens with one attached hydrogen (secondary N) is 1. The summed E-state index contributed by atoms with van der Waals surface area (Å²) in [6.45, 7) is 5.29. The number of hydrogen-bond donors (Lipinski definition) is 2. The smallest absolute Gasteiger partial charge is 0.229 e. The molecule has 0 aliphatic heterocycles. The minimum atomic E-state index is -0.748. The van der Waals surface area contributed by atoms with Crippen molar-refractivity contribution in [2.45, 2.75) is 20.8 Å². The number of hydrogen-bond acceptors (Lipinski definition) is 2. The van der Waals surface area contributed by atoms with Crippen LogP contribution in [0.5, 0.6) is 5.75 Å². The molecule has 0 saturated heterocycles. The van der Waals surface area contributed by atoms with Gasteiger partial charge in [0.2, 0.25) is 5.91 Å². The summed E-state index contributed by atoms with van der Waals surface area (Å²) in [5.41, 5.74) is -0.195. The number of aromatic hydroxyl groups is 1. The molecule has 0 radical (unpaired) electrons. The van der Waals surface area contributed by atoms with E-state index in [0.29, 0.717) is 5.69 Å². The van der Waals surface area contributed by atoms with Crippen molar-refractivity contribution in [3.63, 3.8) is 0 Å². The first-order valence-corrected chi connectivity index (χ1v) is 4.60. The van der Waals surface area contributed by atoms with Crippen LogP contribution in [-0.2, 0) is 4.79 Å². The first-order chi connectivity index (χ1) is 6.80. The van der Waals surface area contributed by atoms with Gasteiger partial charge in [-0.15, -0.1) is 0 Å². The Morgan fingerprint density at radius 3 is 2.47 bits per heavy atom. The number of carbonyl (C=O) groups is 1. The van der Waals surface area contributed by atoms with E-state index in [1.165, 1.54) is 12.1 Å². The molecule has 0 bridgehead atoms. The highest BCUT2D eigenvalue weighted by molar-refractivity contribution is 5.94. The Morgan fingerprint density at radius 2 is 2.00 bits per heavy atom. The minimum absolute atomic E-state index is 0.201. The lowest BCUT2D eigenvalue weighted by Gasteiger charge is -2.17. The number of phenols is 1. The average Bonchev–Trinajstić information content (AvgIpc) is 2.10. The molecular weight excluding hydrogens is 197 g/mol. The van der Waals surface area contributed by atoms with Crippen LogP contribution >= 0.6 is 0 Å². The molecule has 0 saturated carbocycles. The number of rotatable bonds is 1. The molecule has 0 heterocycles. The highest BCUT2D eigenvalue weighted by atomic mass is 19.1. The molecule has 1 amide bonds. The van der Waals surface area contributed by atoms with Crippen molar-refractivity contribution in [2.75, 3.05) is 5.32 Å². The van der Waals surface area contributed by atoms with Gasteiger partial charge in [0.15, 0.2) is 11.6 Å². The summed E-state index contributed by atoms with van der Waals surface area (Å²) in [5.74, 6) is -1.38. The number of halogens is 1. The van der Waals surface area contributed by atoms with E-state index >= 15 is 0 Å². The van der Waals surface area contributed by atoms with Crippen molar-refractivity contribution in [1.82, 2.24) is 0 Å². The molecular formula is C11H14FNO2. The number of phenolic OH excluding ortho intramolecular Hbond substituents is 1.